The lowest BCUT2D eigenvalue weighted by Crippen LogP contribution is -1.96. The summed E-state index contributed by atoms with van der Waals surface area (Å²) in [7, 11) is 0. The summed E-state index contributed by atoms with van der Waals surface area (Å²) in [5, 5.41) is 1.33. The molecule has 3 aromatic rings. The Hall–Kier alpha value is -2.20. The van der Waals surface area contributed by atoms with E-state index in [1.54, 1.807) is 0 Å². The molecule has 0 aliphatic rings. The quantitative estimate of drug-likeness (QED) is 0.624. The summed E-state index contributed by atoms with van der Waals surface area (Å²) in [6.07, 6.45) is 0. The van der Waals surface area contributed by atoms with Crippen LogP contribution in [0, 0.1) is 19.1 Å². The monoisotopic (exact) mass is 233 g/mol. The zero-order chi connectivity index (χ0) is 12.5. The first-order valence-electron chi connectivity index (χ1n) is 6.29. The van der Waals surface area contributed by atoms with Crippen molar-refractivity contribution in [3.05, 3.63) is 60.2 Å². The van der Waals surface area contributed by atoms with Gasteiger partial charge in [0.15, 0.2) is 0 Å². The van der Waals surface area contributed by atoms with Crippen molar-refractivity contribution in [3.8, 4) is 11.3 Å². The predicted octanol–water partition coefficient (Wildman–Crippen LogP) is 4.24. The maximum Gasteiger partial charge on any atom is 0.0606 e. The number of para-hydroxylation sites is 1. The third kappa shape index (κ3) is 1.50. The van der Waals surface area contributed by atoms with Gasteiger partial charge in [0, 0.05) is 23.0 Å². The first-order valence-corrected chi connectivity index (χ1v) is 6.29. The molecule has 1 heteroatoms. The standard InChI is InChI=1S/C17H15N/c1-3-18-16-12-8-7-11-15(16)13(2)17(18)14-9-5-4-6-10-14/h4-5,7-9,11-12H,3H2,1-2H3. The molecule has 0 aliphatic carbocycles. The minimum atomic E-state index is 0.965. The number of hydrogen-bond donors (Lipinski definition) is 0. The van der Waals surface area contributed by atoms with E-state index >= 15 is 0 Å². The van der Waals surface area contributed by atoms with Gasteiger partial charge < -0.3 is 4.57 Å². The highest BCUT2D eigenvalue weighted by atomic mass is 15.0. The van der Waals surface area contributed by atoms with E-state index in [9.17, 15) is 0 Å². The van der Waals surface area contributed by atoms with Crippen molar-refractivity contribution < 1.29 is 0 Å². The molecule has 3 rings (SSSR count). The van der Waals surface area contributed by atoms with Gasteiger partial charge in [0.1, 0.15) is 0 Å². The molecule has 2 aromatic carbocycles. The average molecular weight is 233 g/mol. The van der Waals surface area contributed by atoms with E-state index in [0.717, 1.165) is 12.1 Å². The maximum absolute atomic E-state index is 3.22. The van der Waals surface area contributed by atoms with Gasteiger partial charge in [-0.2, -0.15) is 0 Å². The van der Waals surface area contributed by atoms with Crippen LogP contribution in [0.25, 0.3) is 22.2 Å². The Labute approximate surface area is 108 Å². The second kappa shape index (κ2) is 4.23. The summed E-state index contributed by atoms with van der Waals surface area (Å²) in [4.78, 5) is 0. The maximum atomic E-state index is 3.22. The van der Waals surface area contributed by atoms with Crippen molar-refractivity contribution in [1.29, 1.82) is 0 Å². The van der Waals surface area contributed by atoms with Crippen molar-refractivity contribution in [2.75, 3.05) is 0 Å². The normalized spacial score (nSPS) is 10.6. The number of rotatable bonds is 2. The highest BCUT2D eigenvalue weighted by Crippen LogP contribution is 2.32. The highest BCUT2D eigenvalue weighted by molar-refractivity contribution is 5.91. The van der Waals surface area contributed by atoms with Crippen molar-refractivity contribution in [3.63, 3.8) is 0 Å². The molecule has 1 aromatic heterocycles. The Morgan fingerprint density at radius 3 is 2.67 bits per heavy atom. The van der Waals surface area contributed by atoms with E-state index in [2.05, 4.69) is 60.9 Å². The van der Waals surface area contributed by atoms with Crippen molar-refractivity contribution >= 4 is 10.9 Å². The summed E-state index contributed by atoms with van der Waals surface area (Å²) in [5.74, 6) is 0. The van der Waals surface area contributed by atoms with E-state index in [0.29, 0.717) is 0 Å². The van der Waals surface area contributed by atoms with Crippen LogP contribution in [-0.4, -0.2) is 4.57 Å². The number of fused-ring (bicyclic) bond motifs is 1. The van der Waals surface area contributed by atoms with Gasteiger partial charge in [-0.3, -0.25) is 0 Å². The fraction of sp³-hybridized carbons (Fsp3) is 0.176. The molecule has 0 fully saturated rings. The molecule has 0 saturated carbocycles. The van der Waals surface area contributed by atoms with E-state index in [1.165, 1.54) is 22.2 Å². The van der Waals surface area contributed by atoms with E-state index in [1.807, 2.05) is 12.1 Å². The molecule has 88 valence electrons. The topological polar surface area (TPSA) is 4.93 Å². The Kier molecular flexibility index (Phi) is 2.57. The number of nitrogens with zero attached hydrogens (tertiary/aromatic N) is 1. The van der Waals surface area contributed by atoms with Crippen LogP contribution in [-0.2, 0) is 6.54 Å². The summed E-state index contributed by atoms with van der Waals surface area (Å²) in [5.41, 5.74) is 5.00. The van der Waals surface area contributed by atoms with E-state index in [4.69, 9.17) is 0 Å². The van der Waals surface area contributed by atoms with Crippen LogP contribution in [0.2, 0.25) is 0 Å². The van der Waals surface area contributed by atoms with Gasteiger partial charge >= 0.3 is 0 Å². The lowest BCUT2D eigenvalue weighted by Gasteiger charge is -2.07. The van der Waals surface area contributed by atoms with Crippen molar-refractivity contribution in [2.45, 2.75) is 20.4 Å². The van der Waals surface area contributed by atoms with E-state index < -0.39 is 0 Å². The van der Waals surface area contributed by atoms with E-state index in [-0.39, 0.29) is 0 Å². The molecule has 18 heavy (non-hydrogen) atoms. The smallest absolute Gasteiger partial charge is 0.0606 e. The average Bonchev–Trinajstić information content (AvgIpc) is 2.73. The molecular weight excluding hydrogens is 218 g/mol. The lowest BCUT2D eigenvalue weighted by atomic mass is 10.1. The minimum Gasteiger partial charge on any atom is -0.340 e. The zero-order valence-electron chi connectivity index (χ0n) is 10.7. The van der Waals surface area contributed by atoms with Crippen LogP contribution >= 0.6 is 0 Å². The van der Waals surface area contributed by atoms with Gasteiger partial charge in [-0.15, -0.1) is 0 Å². The molecule has 0 aliphatic heterocycles. The molecule has 1 heterocycles. The first kappa shape index (κ1) is 10.9. The number of hydrogen-bond acceptors (Lipinski definition) is 0. The predicted molar refractivity (Wildman–Crippen MR) is 75.5 cm³/mol. The summed E-state index contributed by atoms with van der Waals surface area (Å²) in [6, 6.07) is 20.8. The van der Waals surface area contributed by atoms with Crippen LogP contribution in [0.4, 0.5) is 0 Å². The summed E-state index contributed by atoms with van der Waals surface area (Å²) >= 11 is 0. The van der Waals surface area contributed by atoms with Gasteiger partial charge in [-0.05, 0) is 37.6 Å². The van der Waals surface area contributed by atoms with Gasteiger partial charge in [-0.1, -0.05) is 36.4 Å². The van der Waals surface area contributed by atoms with Gasteiger partial charge in [0.25, 0.3) is 0 Å². The van der Waals surface area contributed by atoms with Gasteiger partial charge in [0.2, 0.25) is 0 Å². The Morgan fingerprint density at radius 1 is 1.11 bits per heavy atom. The Bertz CT molecular complexity index is 677. The van der Waals surface area contributed by atoms with Crippen LogP contribution in [0.3, 0.4) is 0 Å². The second-order valence-corrected chi connectivity index (χ2v) is 4.44. The van der Waals surface area contributed by atoms with Crippen LogP contribution < -0.4 is 0 Å². The highest BCUT2D eigenvalue weighted by Gasteiger charge is 2.13. The number of aryl methyl sites for hydroxylation is 2. The lowest BCUT2D eigenvalue weighted by molar-refractivity contribution is 0.803. The van der Waals surface area contributed by atoms with Crippen LogP contribution in [0.5, 0.6) is 0 Å². The SMILES string of the molecule is CCn1c(-c2c#cccc2)c(C)c2ccccc21. The third-order valence-electron chi connectivity index (χ3n) is 3.44. The van der Waals surface area contributed by atoms with Gasteiger partial charge in [-0.25, -0.2) is 0 Å². The fourth-order valence-electron chi connectivity index (χ4n) is 2.64. The molecule has 0 bridgehead atoms. The number of benzene rings is 1. The molecule has 1 nitrogen and oxygen atoms in total. The molecule has 0 amide bonds. The largest absolute Gasteiger partial charge is 0.340 e. The molecule has 0 unspecified atom stereocenters. The minimum absolute atomic E-state index is 0.965. The van der Waals surface area contributed by atoms with Gasteiger partial charge in [0.05, 0.1) is 5.69 Å². The van der Waals surface area contributed by atoms with Crippen molar-refractivity contribution in [1.82, 2.24) is 4.57 Å². The number of aromatic nitrogens is 1. The second-order valence-electron chi connectivity index (χ2n) is 4.44. The fourth-order valence-corrected chi connectivity index (χ4v) is 2.64. The van der Waals surface area contributed by atoms with Crippen LogP contribution in [0.15, 0.2) is 42.5 Å². The molecule has 0 radical (unpaired) electrons. The molecule has 0 atom stereocenters. The molecule has 0 saturated heterocycles. The third-order valence-corrected chi connectivity index (χ3v) is 3.44. The molecule has 0 N–H and O–H groups in total. The first-order chi connectivity index (χ1) is 8.83. The summed E-state index contributed by atoms with van der Waals surface area (Å²) in [6.45, 7) is 5.33. The van der Waals surface area contributed by atoms with Crippen molar-refractivity contribution in [2.24, 2.45) is 0 Å². The summed E-state index contributed by atoms with van der Waals surface area (Å²) < 4.78 is 2.35. The Morgan fingerprint density at radius 2 is 1.94 bits per heavy atom. The Balaban J connectivity index is 2.38. The van der Waals surface area contributed by atoms with Crippen LogP contribution in [0.1, 0.15) is 12.5 Å². The molecular formula is C17H15N. The molecule has 0 spiro atoms. The zero-order valence-corrected chi connectivity index (χ0v) is 10.7.